The minimum absolute atomic E-state index is 0.140. The van der Waals surface area contributed by atoms with Crippen molar-refractivity contribution in [3.05, 3.63) is 16.3 Å². The van der Waals surface area contributed by atoms with E-state index in [-0.39, 0.29) is 23.5 Å². The number of nitrogens with zero attached hydrogens (tertiary/aromatic N) is 4. The summed E-state index contributed by atoms with van der Waals surface area (Å²) in [4.78, 5) is 20.4. The molecule has 1 aliphatic rings. The lowest BCUT2D eigenvalue weighted by molar-refractivity contribution is -0.384. The van der Waals surface area contributed by atoms with Gasteiger partial charge >= 0.3 is 5.69 Å². The summed E-state index contributed by atoms with van der Waals surface area (Å²) < 4.78 is 0. The normalized spacial score (nSPS) is 16.0. The number of anilines is 2. The maximum atomic E-state index is 10.9. The van der Waals surface area contributed by atoms with E-state index < -0.39 is 4.92 Å². The van der Waals surface area contributed by atoms with E-state index in [0.29, 0.717) is 12.6 Å². The van der Waals surface area contributed by atoms with Crippen LogP contribution in [0, 0.1) is 10.1 Å². The molecule has 9 nitrogen and oxygen atoms in total. The van der Waals surface area contributed by atoms with Crippen LogP contribution in [0.5, 0.6) is 0 Å². The smallest absolute Gasteiger partial charge is 0.329 e. The molecule has 1 atom stereocenters. The molecule has 110 valence electrons. The number of likely N-dealkylation sites (N-methyl/N-ethyl adjacent to an activating group) is 1. The summed E-state index contributed by atoms with van der Waals surface area (Å²) in [5, 5.41) is 13.9. The summed E-state index contributed by atoms with van der Waals surface area (Å²) in [7, 11) is 2.06. The SMILES string of the molecule is CC(CNc1nc(NN)ncc1[N+](=O)[O-])N(C)C1CC1. The lowest BCUT2D eigenvalue weighted by atomic mass is 10.3. The fourth-order valence-corrected chi connectivity index (χ4v) is 1.94. The number of nitrogen functional groups attached to an aromatic ring is 1. The highest BCUT2D eigenvalue weighted by Crippen LogP contribution is 2.27. The first-order valence-electron chi connectivity index (χ1n) is 6.46. The third-order valence-corrected chi connectivity index (χ3v) is 3.48. The molecule has 1 aromatic rings. The Morgan fingerprint density at radius 1 is 1.65 bits per heavy atom. The summed E-state index contributed by atoms with van der Waals surface area (Å²) in [6.45, 7) is 2.63. The van der Waals surface area contributed by atoms with E-state index >= 15 is 0 Å². The molecule has 1 aromatic heterocycles. The second-order valence-corrected chi connectivity index (χ2v) is 4.96. The number of hydrogen-bond donors (Lipinski definition) is 3. The second-order valence-electron chi connectivity index (χ2n) is 4.96. The Kier molecular flexibility index (Phi) is 4.30. The van der Waals surface area contributed by atoms with Crippen molar-refractivity contribution in [2.24, 2.45) is 5.84 Å². The molecule has 0 amide bonds. The van der Waals surface area contributed by atoms with Crippen LogP contribution in [0.1, 0.15) is 19.8 Å². The average Bonchev–Trinajstić information content (AvgIpc) is 3.27. The minimum atomic E-state index is -0.516. The fourth-order valence-electron chi connectivity index (χ4n) is 1.94. The van der Waals surface area contributed by atoms with Gasteiger partial charge in [-0.3, -0.25) is 20.4 Å². The Bertz CT molecular complexity index is 492. The first-order valence-corrected chi connectivity index (χ1v) is 6.46. The van der Waals surface area contributed by atoms with Gasteiger partial charge in [0.2, 0.25) is 11.8 Å². The molecule has 1 saturated carbocycles. The number of nitro groups is 1. The van der Waals surface area contributed by atoms with Crippen LogP contribution in [-0.4, -0.2) is 45.5 Å². The first-order chi connectivity index (χ1) is 9.52. The molecular weight excluding hydrogens is 262 g/mol. The van der Waals surface area contributed by atoms with Gasteiger partial charge in [0.25, 0.3) is 0 Å². The van der Waals surface area contributed by atoms with Gasteiger partial charge in [0.15, 0.2) is 0 Å². The van der Waals surface area contributed by atoms with Crippen LogP contribution in [0.2, 0.25) is 0 Å². The predicted octanol–water partition coefficient (Wildman–Crippen LogP) is 0.565. The van der Waals surface area contributed by atoms with E-state index in [0.717, 1.165) is 6.20 Å². The number of rotatable bonds is 7. The number of nitrogens with one attached hydrogen (secondary N) is 2. The molecule has 1 aliphatic carbocycles. The van der Waals surface area contributed by atoms with Crippen molar-refractivity contribution in [2.45, 2.75) is 31.8 Å². The van der Waals surface area contributed by atoms with Gasteiger partial charge in [-0.1, -0.05) is 0 Å². The standard InChI is InChI=1S/C11H19N7O2/c1-7(17(2)8-3-4-8)5-13-10-9(18(19)20)6-14-11(15-10)16-12/h6-8H,3-5,12H2,1-2H3,(H2,13,14,15,16). The number of aromatic nitrogens is 2. The lowest BCUT2D eigenvalue weighted by Gasteiger charge is -2.24. The van der Waals surface area contributed by atoms with E-state index in [9.17, 15) is 10.1 Å². The molecule has 20 heavy (non-hydrogen) atoms. The zero-order valence-corrected chi connectivity index (χ0v) is 11.5. The maximum absolute atomic E-state index is 10.9. The molecule has 0 aliphatic heterocycles. The van der Waals surface area contributed by atoms with E-state index in [1.807, 2.05) is 0 Å². The molecule has 1 heterocycles. The molecule has 4 N–H and O–H groups in total. The zero-order chi connectivity index (χ0) is 14.7. The molecule has 2 rings (SSSR count). The summed E-state index contributed by atoms with van der Waals surface area (Å²) in [6, 6.07) is 0.889. The number of hydrazine groups is 1. The molecular formula is C11H19N7O2. The number of nitrogens with two attached hydrogens (primary N) is 1. The zero-order valence-electron chi connectivity index (χ0n) is 11.5. The average molecular weight is 281 g/mol. The highest BCUT2D eigenvalue weighted by molar-refractivity contribution is 5.56. The van der Waals surface area contributed by atoms with Gasteiger partial charge in [-0.25, -0.2) is 10.8 Å². The largest absolute Gasteiger partial charge is 0.363 e. The topological polar surface area (TPSA) is 122 Å². The van der Waals surface area contributed by atoms with Crippen molar-refractivity contribution in [3.63, 3.8) is 0 Å². The van der Waals surface area contributed by atoms with Crippen molar-refractivity contribution >= 4 is 17.5 Å². The van der Waals surface area contributed by atoms with E-state index in [2.05, 4.69) is 39.6 Å². The van der Waals surface area contributed by atoms with Gasteiger partial charge in [-0.05, 0) is 26.8 Å². The van der Waals surface area contributed by atoms with Crippen molar-refractivity contribution in [1.29, 1.82) is 0 Å². The van der Waals surface area contributed by atoms with Crippen LogP contribution in [0.15, 0.2) is 6.20 Å². The predicted molar refractivity (Wildman–Crippen MR) is 75.2 cm³/mol. The van der Waals surface area contributed by atoms with Gasteiger partial charge in [0.1, 0.15) is 6.20 Å². The summed E-state index contributed by atoms with van der Waals surface area (Å²) >= 11 is 0. The Morgan fingerprint density at radius 3 is 2.90 bits per heavy atom. The Balaban J connectivity index is 2.04. The minimum Gasteiger partial charge on any atom is -0.363 e. The van der Waals surface area contributed by atoms with E-state index in [1.54, 1.807) is 0 Å². The Hall–Kier alpha value is -2.00. The summed E-state index contributed by atoms with van der Waals surface area (Å²) in [6.07, 6.45) is 3.57. The van der Waals surface area contributed by atoms with Gasteiger partial charge in [-0.2, -0.15) is 4.98 Å². The van der Waals surface area contributed by atoms with Gasteiger partial charge in [0.05, 0.1) is 4.92 Å². The third-order valence-electron chi connectivity index (χ3n) is 3.48. The van der Waals surface area contributed by atoms with Crippen molar-refractivity contribution in [2.75, 3.05) is 24.3 Å². The molecule has 0 spiro atoms. The number of hydrogen-bond acceptors (Lipinski definition) is 8. The third kappa shape index (κ3) is 3.31. The second kappa shape index (κ2) is 5.97. The highest BCUT2D eigenvalue weighted by atomic mass is 16.6. The Labute approximate surface area is 116 Å². The first kappa shape index (κ1) is 14.4. The van der Waals surface area contributed by atoms with E-state index in [1.165, 1.54) is 12.8 Å². The molecule has 9 heteroatoms. The summed E-state index contributed by atoms with van der Waals surface area (Å²) in [5.41, 5.74) is 2.12. The molecule has 1 fully saturated rings. The Morgan fingerprint density at radius 2 is 2.35 bits per heavy atom. The van der Waals surface area contributed by atoms with Crippen molar-refractivity contribution in [3.8, 4) is 0 Å². The van der Waals surface area contributed by atoms with Crippen molar-refractivity contribution < 1.29 is 4.92 Å². The van der Waals surface area contributed by atoms with Gasteiger partial charge in [-0.15, -0.1) is 0 Å². The van der Waals surface area contributed by atoms with Crippen LogP contribution in [0.25, 0.3) is 0 Å². The molecule has 0 saturated heterocycles. The maximum Gasteiger partial charge on any atom is 0.329 e. The van der Waals surface area contributed by atoms with Crippen molar-refractivity contribution in [1.82, 2.24) is 14.9 Å². The van der Waals surface area contributed by atoms with Crippen LogP contribution < -0.4 is 16.6 Å². The van der Waals surface area contributed by atoms with Crippen LogP contribution in [0.3, 0.4) is 0 Å². The van der Waals surface area contributed by atoms with Gasteiger partial charge < -0.3 is 5.32 Å². The molecule has 0 bridgehead atoms. The van der Waals surface area contributed by atoms with Crippen LogP contribution in [0.4, 0.5) is 17.5 Å². The lowest BCUT2D eigenvalue weighted by Crippen LogP contribution is -2.36. The molecule has 0 radical (unpaired) electrons. The van der Waals surface area contributed by atoms with Crippen LogP contribution in [-0.2, 0) is 0 Å². The van der Waals surface area contributed by atoms with Crippen LogP contribution >= 0.6 is 0 Å². The molecule has 1 unspecified atom stereocenters. The monoisotopic (exact) mass is 281 g/mol. The quantitative estimate of drug-likeness (QED) is 0.376. The summed E-state index contributed by atoms with van der Waals surface area (Å²) in [5.74, 6) is 5.53. The van der Waals surface area contributed by atoms with E-state index in [4.69, 9.17) is 5.84 Å². The molecule has 0 aromatic carbocycles. The highest BCUT2D eigenvalue weighted by Gasteiger charge is 2.29. The van der Waals surface area contributed by atoms with Gasteiger partial charge in [0, 0.05) is 18.6 Å². The fraction of sp³-hybridized carbons (Fsp3) is 0.636.